The molecular formula is C34H32ClN3O4S2. The minimum atomic E-state index is -0.900. The first-order valence-corrected chi connectivity index (χ1v) is 16.6. The van der Waals surface area contributed by atoms with Gasteiger partial charge in [0.25, 0.3) is 5.91 Å². The standard InChI is InChI=1S/C34H32ClN3O4S2/c1-2-3-4-10-21-42-26-18-16-24(17-19-26)30-29(28(39)20-15-23-11-6-5-7-12-23)31(40)32(41)38(30)33-36-37-34(44-33)43-22-25-13-8-9-14-27(25)35/h5-9,11-20,30,40H,2-4,10,21-22H2,1H3. The SMILES string of the molecule is CCCCCCOc1ccc(C2C(C(=O)C=Cc3ccccc3)=C(O)C(=O)N2c2nnc(SCc3ccccc3Cl)s2)cc1. The number of halogens is 1. The maximum absolute atomic E-state index is 13.6. The molecule has 0 fully saturated rings. The van der Waals surface area contributed by atoms with Crippen LogP contribution in [0, 0.1) is 0 Å². The van der Waals surface area contributed by atoms with Crippen LogP contribution in [0.2, 0.25) is 5.02 Å². The Bertz CT molecular complexity index is 1650. The van der Waals surface area contributed by atoms with Crippen molar-refractivity contribution in [3.8, 4) is 5.75 Å². The number of aliphatic hydroxyl groups excluding tert-OH is 1. The molecule has 44 heavy (non-hydrogen) atoms. The second-order valence-corrected chi connectivity index (χ2v) is 12.7. The Balaban J connectivity index is 1.41. The van der Waals surface area contributed by atoms with E-state index in [1.165, 1.54) is 40.5 Å². The Morgan fingerprint density at radius 3 is 2.52 bits per heavy atom. The highest BCUT2D eigenvalue weighted by atomic mass is 35.5. The highest BCUT2D eigenvalue weighted by molar-refractivity contribution is 8.00. The molecule has 0 spiro atoms. The molecule has 0 aliphatic carbocycles. The van der Waals surface area contributed by atoms with E-state index >= 15 is 0 Å². The second-order valence-electron chi connectivity index (χ2n) is 10.2. The molecule has 1 unspecified atom stereocenters. The third-order valence-corrected chi connectivity index (χ3v) is 9.55. The fraction of sp³-hybridized carbons (Fsp3) is 0.235. The molecule has 1 N–H and O–H groups in total. The van der Waals surface area contributed by atoms with Crippen LogP contribution in [0.5, 0.6) is 5.75 Å². The van der Waals surface area contributed by atoms with E-state index in [-0.39, 0.29) is 10.7 Å². The van der Waals surface area contributed by atoms with Crippen molar-refractivity contribution in [3.63, 3.8) is 0 Å². The van der Waals surface area contributed by atoms with Crippen molar-refractivity contribution in [3.05, 3.63) is 118 Å². The first-order chi connectivity index (χ1) is 21.5. The number of benzene rings is 3. The lowest BCUT2D eigenvalue weighted by Crippen LogP contribution is -2.30. The Labute approximate surface area is 270 Å². The first kappa shape index (κ1) is 31.5. The number of nitrogens with zero attached hydrogens (tertiary/aromatic N) is 3. The number of unbranched alkanes of at least 4 members (excludes halogenated alkanes) is 3. The van der Waals surface area contributed by atoms with Crippen LogP contribution in [0.15, 0.2) is 101 Å². The number of carbonyl (C=O) groups is 2. The summed E-state index contributed by atoms with van der Waals surface area (Å²) in [5.74, 6) is -0.513. The molecule has 10 heteroatoms. The highest BCUT2D eigenvalue weighted by Crippen LogP contribution is 2.43. The number of allylic oxidation sites excluding steroid dienone is 1. The van der Waals surface area contributed by atoms with Gasteiger partial charge in [-0.3, -0.25) is 14.5 Å². The molecule has 4 aromatic rings. The van der Waals surface area contributed by atoms with Gasteiger partial charge >= 0.3 is 0 Å². The Morgan fingerprint density at radius 2 is 1.77 bits per heavy atom. The first-order valence-electron chi connectivity index (χ1n) is 14.4. The number of aliphatic hydroxyl groups is 1. The van der Waals surface area contributed by atoms with Gasteiger partial charge in [0.2, 0.25) is 5.13 Å². The number of anilines is 1. The number of ether oxygens (including phenoxy) is 1. The van der Waals surface area contributed by atoms with Gasteiger partial charge in [0.05, 0.1) is 18.2 Å². The highest BCUT2D eigenvalue weighted by Gasteiger charge is 2.45. The van der Waals surface area contributed by atoms with Gasteiger partial charge in [-0.25, -0.2) is 0 Å². The van der Waals surface area contributed by atoms with Crippen LogP contribution in [-0.2, 0) is 15.3 Å². The van der Waals surface area contributed by atoms with E-state index in [9.17, 15) is 14.7 Å². The third-order valence-electron chi connectivity index (χ3n) is 7.07. The molecule has 3 aromatic carbocycles. The van der Waals surface area contributed by atoms with Gasteiger partial charge in [0.1, 0.15) is 5.75 Å². The normalized spacial score (nSPS) is 15.0. The lowest BCUT2D eigenvalue weighted by molar-refractivity contribution is -0.117. The zero-order valence-electron chi connectivity index (χ0n) is 24.2. The summed E-state index contributed by atoms with van der Waals surface area (Å²) in [4.78, 5) is 28.5. The van der Waals surface area contributed by atoms with E-state index in [4.69, 9.17) is 16.3 Å². The Hall–Kier alpha value is -3.92. The number of aromatic nitrogens is 2. The Morgan fingerprint density at radius 1 is 1.02 bits per heavy atom. The molecule has 1 aliphatic heterocycles. The summed E-state index contributed by atoms with van der Waals surface area (Å²) in [5, 5.41) is 20.6. The lowest BCUT2D eigenvalue weighted by atomic mass is 9.95. The van der Waals surface area contributed by atoms with Crippen LogP contribution >= 0.6 is 34.7 Å². The van der Waals surface area contributed by atoms with Crippen molar-refractivity contribution in [2.24, 2.45) is 0 Å². The predicted molar refractivity (Wildman–Crippen MR) is 177 cm³/mol. The van der Waals surface area contributed by atoms with Crippen LogP contribution in [0.1, 0.15) is 55.3 Å². The summed E-state index contributed by atoms with van der Waals surface area (Å²) < 4.78 is 6.53. The van der Waals surface area contributed by atoms with E-state index < -0.39 is 23.5 Å². The molecule has 0 saturated carbocycles. The second kappa shape index (κ2) is 15.2. The van der Waals surface area contributed by atoms with Gasteiger partial charge in [-0.2, -0.15) is 0 Å². The van der Waals surface area contributed by atoms with Crippen LogP contribution < -0.4 is 9.64 Å². The van der Waals surface area contributed by atoms with Gasteiger partial charge in [0, 0.05) is 10.8 Å². The van der Waals surface area contributed by atoms with E-state index in [1.807, 2.05) is 78.9 Å². The van der Waals surface area contributed by atoms with Gasteiger partial charge in [-0.05, 0) is 47.4 Å². The molecule has 2 heterocycles. The molecule has 0 radical (unpaired) electrons. The number of hydrogen-bond donors (Lipinski definition) is 1. The van der Waals surface area contributed by atoms with Crippen LogP contribution in [0.3, 0.4) is 0 Å². The summed E-state index contributed by atoms with van der Waals surface area (Å²) >= 11 is 8.97. The fourth-order valence-electron chi connectivity index (χ4n) is 4.77. The molecule has 5 rings (SSSR count). The largest absolute Gasteiger partial charge is 0.503 e. The van der Waals surface area contributed by atoms with E-state index in [0.717, 1.165) is 30.4 Å². The van der Waals surface area contributed by atoms with E-state index in [1.54, 1.807) is 6.08 Å². The molecule has 1 amide bonds. The summed E-state index contributed by atoms with van der Waals surface area (Å²) in [6.45, 7) is 2.78. The number of carbonyl (C=O) groups excluding carboxylic acids is 2. The molecule has 7 nitrogen and oxygen atoms in total. The summed E-state index contributed by atoms with van der Waals surface area (Å²) in [5.41, 5.74) is 2.40. The maximum Gasteiger partial charge on any atom is 0.296 e. The number of hydrogen-bond acceptors (Lipinski definition) is 8. The van der Waals surface area contributed by atoms with Crippen molar-refractivity contribution >= 4 is 57.6 Å². The molecular weight excluding hydrogens is 614 g/mol. The monoisotopic (exact) mass is 645 g/mol. The summed E-state index contributed by atoms with van der Waals surface area (Å²) in [7, 11) is 0. The van der Waals surface area contributed by atoms with Crippen LogP contribution in [-0.4, -0.2) is 33.6 Å². The number of rotatable bonds is 14. The molecule has 226 valence electrons. The van der Waals surface area contributed by atoms with E-state index in [2.05, 4.69) is 17.1 Å². The topological polar surface area (TPSA) is 92.6 Å². The summed E-state index contributed by atoms with van der Waals surface area (Å²) in [6, 6.07) is 23.3. The van der Waals surface area contributed by atoms with Crippen molar-refractivity contribution < 1.29 is 19.4 Å². The average molecular weight is 646 g/mol. The van der Waals surface area contributed by atoms with Crippen molar-refractivity contribution in [1.29, 1.82) is 0 Å². The zero-order valence-corrected chi connectivity index (χ0v) is 26.6. The fourth-order valence-corrected chi connectivity index (χ4v) is 6.93. The molecule has 0 bridgehead atoms. The quantitative estimate of drug-likeness (QED) is 0.0635. The van der Waals surface area contributed by atoms with Crippen LogP contribution in [0.25, 0.3) is 6.08 Å². The van der Waals surface area contributed by atoms with Gasteiger partial charge in [-0.1, -0.05) is 128 Å². The molecule has 1 aromatic heterocycles. The smallest absolute Gasteiger partial charge is 0.296 e. The molecule has 1 aliphatic rings. The van der Waals surface area contributed by atoms with Crippen molar-refractivity contribution in [2.75, 3.05) is 11.5 Å². The lowest BCUT2D eigenvalue weighted by Gasteiger charge is -2.24. The van der Waals surface area contributed by atoms with Gasteiger partial charge in [0.15, 0.2) is 15.9 Å². The van der Waals surface area contributed by atoms with Crippen molar-refractivity contribution in [1.82, 2.24) is 10.2 Å². The number of amides is 1. The summed E-state index contributed by atoms with van der Waals surface area (Å²) in [6.07, 6.45) is 7.45. The molecule has 0 saturated heterocycles. The number of ketones is 1. The minimum absolute atomic E-state index is 0.0177. The molecule has 1 atom stereocenters. The third kappa shape index (κ3) is 7.59. The number of thioether (sulfide) groups is 1. The van der Waals surface area contributed by atoms with Crippen LogP contribution in [0.4, 0.5) is 5.13 Å². The predicted octanol–water partition coefficient (Wildman–Crippen LogP) is 8.63. The van der Waals surface area contributed by atoms with Gasteiger partial charge in [-0.15, -0.1) is 10.2 Å². The Kier molecular flexibility index (Phi) is 10.9. The average Bonchev–Trinajstić information content (AvgIpc) is 3.62. The maximum atomic E-state index is 13.6. The zero-order chi connectivity index (χ0) is 30.9. The van der Waals surface area contributed by atoms with Crippen molar-refractivity contribution in [2.45, 2.75) is 48.7 Å². The van der Waals surface area contributed by atoms with E-state index in [0.29, 0.717) is 33.0 Å². The minimum Gasteiger partial charge on any atom is -0.503 e. The van der Waals surface area contributed by atoms with Gasteiger partial charge < -0.3 is 9.84 Å².